The molecule has 2 rings (SSSR count). The first-order chi connectivity index (χ1) is 8.33. The third kappa shape index (κ3) is 1.77. The first-order valence-corrected chi connectivity index (χ1v) is 6.96. The smallest absolute Gasteiger partial charge is 0.0277 e. The first kappa shape index (κ1) is 13.2. The van der Waals surface area contributed by atoms with Crippen LogP contribution in [0.3, 0.4) is 0 Å². The third-order valence-corrected chi connectivity index (χ3v) is 5.25. The van der Waals surface area contributed by atoms with Crippen LogP contribution in [0.2, 0.25) is 0 Å². The molecule has 1 aromatic carbocycles. The summed E-state index contributed by atoms with van der Waals surface area (Å²) in [6.07, 6.45) is 9.13. The van der Waals surface area contributed by atoms with E-state index in [0.717, 1.165) is 12.0 Å². The third-order valence-electron chi connectivity index (χ3n) is 5.25. The molecule has 0 bridgehead atoms. The summed E-state index contributed by atoms with van der Waals surface area (Å²) in [7, 11) is 0. The highest BCUT2D eigenvalue weighted by Gasteiger charge is 2.42. The fourth-order valence-electron chi connectivity index (χ4n) is 3.04. The van der Waals surface area contributed by atoms with Gasteiger partial charge in [-0.15, -0.1) is 6.42 Å². The van der Waals surface area contributed by atoms with Gasteiger partial charge in [0.05, 0.1) is 0 Å². The van der Waals surface area contributed by atoms with E-state index in [9.17, 15) is 0 Å². The second-order valence-electron chi connectivity index (χ2n) is 6.67. The lowest BCUT2D eigenvalue weighted by Crippen LogP contribution is -2.41. The van der Waals surface area contributed by atoms with E-state index in [2.05, 4.69) is 52.7 Å². The molecule has 0 saturated carbocycles. The van der Waals surface area contributed by atoms with Crippen LogP contribution in [0.5, 0.6) is 0 Å². The molecular formula is C18H24. The lowest BCUT2D eigenvalue weighted by Gasteiger charge is -2.47. The molecule has 0 heteroatoms. The van der Waals surface area contributed by atoms with Gasteiger partial charge in [-0.05, 0) is 52.8 Å². The summed E-state index contributed by atoms with van der Waals surface area (Å²) in [5.74, 6) is 2.86. The molecule has 1 aliphatic carbocycles. The number of aryl methyl sites for hydroxylation is 2. The summed E-state index contributed by atoms with van der Waals surface area (Å²) in [5, 5.41) is 0. The Morgan fingerprint density at radius 3 is 2.44 bits per heavy atom. The molecule has 96 valence electrons. The fourth-order valence-corrected chi connectivity index (χ4v) is 3.04. The number of benzene rings is 1. The molecule has 0 aromatic heterocycles. The Balaban J connectivity index is 2.66. The molecule has 0 nitrogen and oxygen atoms in total. The molecule has 0 N–H and O–H groups in total. The Labute approximate surface area is 112 Å². The van der Waals surface area contributed by atoms with Gasteiger partial charge in [-0.1, -0.05) is 46.6 Å². The number of terminal acetylenes is 1. The highest BCUT2D eigenvalue weighted by molar-refractivity contribution is 5.50. The van der Waals surface area contributed by atoms with Crippen LogP contribution in [-0.4, -0.2) is 0 Å². The van der Waals surface area contributed by atoms with E-state index in [4.69, 9.17) is 6.42 Å². The van der Waals surface area contributed by atoms with E-state index in [0.29, 0.717) is 5.41 Å². The van der Waals surface area contributed by atoms with E-state index in [1.165, 1.54) is 29.5 Å². The lowest BCUT2D eigenvalue weighted by atomic mass is 9.57. The van der Waals surface area contributed by atoms with Crippen molar-refractivity contribution < 1.29 is 0 Å². The van der Waals surface area contributed by atoms with Gasteiger partial charge in [-0.3, -0.25) is 0 Å². The number of hydrogen-bond donors (Lipinski definition) is 0. The van der Waals surface area contributed by atoms with Crippen molar-refractivity contribution in [2.45, 2.75) is 59.3 Å². The van der Waals surface area contributed by atoms with Gasteiger partial charge in [0, 0.05) is 5.56 Å². The van der Waals surface area contributed by atoms with Crippen LogP contribution in [-0.2, 0) is 18.3 Å². The molecule has 0 unspecified atom stereocenters. The van der Waals surface area contributed by atoms with Crippen molar-refractivity contribution in [3.63, 3.8) is 0 Å². The van der Waals surface area contributed by atoms with E-state index >= 15 is 0 Å². The van der Waals surface area contributed by atoms with E-state index in [-0.39, 0.29) is 5.41 Å². The maximum absolute atomic E-state index is 5.67. The van der Waals surface area contributed by atoms with Gasteiger partial charge in [-0.2, -0.15) is 0 Å². The van der Waals surface area contributed by atoms with Crippen LogP contribution in [0.4, 0.5) is 0 Å². The summed E-state index contributed by atoms with van der Waals surface area (Å²) < 4.78 is 0. The van der Waals surface area contributed by atoms with Crippen LogP contribution >= 0.6 is 0 Å². The van der Waals surface area contributed by atoms with Gasteiger partial charge in [0.2, 0.25) is 0 Å². The maximum atomic E-state index is 5.67. The van der Waals surface area contributed by atoms with E-state index < -0.39 is 0 Å². The minimum absolute atomic E-state index is 0.193. The van der Waals surface area contributed by atoms with E-state index in [1.807, 2.05) is 0 Å². The Hall–Kier alpha value is -1.22. The van der Waals surface area contributed by atoms with Crippen molar-refractivity contribution in [2.24, 2.45) is 5.41 Å². The summed E-state index contributed by atoms with van der Waals surface area (Å²) in [4.78, 5) is 0. The van der Waals surface area contributed by atoms with Gasteiger partial charge in [-0.25, -0.2) is 0 Å². The molecule has 0 fully saturated rings. The lowest BCUT2D eigenvalue weighted by molar-refractivity contribution is 0.165. The van der Waals surface area contributed by atoms with Crippen molar-refractivity contribution >= 4 is 0 Å². The zero-order chi connectivity index (χ0) is 13.6. The molecule has 18 heavy (non-hydrogen) atoms. The summed E-state index contributed by atoms with van der Waals surface area (Å²) in [6, 6.07) is 4.62. The molecule has 1 aliphatic rings. The molecule has 1 aromatic rings. The number of rotatable bonds is 1. The van der Waals surface area contributed by atoms with Crippen LogP contribution in [0.25, 0.3) is 0 Å². The molecule has 0 radical (unpaired) electrons. The Bertz CT molecular complexity index is 510. The van der Waals surface area contributed by atoms with Crippen molar-refractivity contribution in [3.05, 3.63) is 34.4 Å². The number of fused-ring (bicyclic) bond motifs is 1. The minimum atomic E-state index is 0.193. The Kier molecular flexibility index (Phi) is 3.06. The molecule has 0 heterocycles. The normalized spacial score (nSPS) is 20.0. The maximum Gasteiger partial charge on any atom is 0.0277 e. The Morgan fingerprint density at radius 1 is 1.22 bits per heavy atom. The molecule has 0 spiro atoms. The van der Waals surface area contributed by atoms with Crippen molar-refractivity contribution in [2.75, 3.05) is 0 Å². The molecule has 0 aliphatic heterocycles. The van der Waals surface area contributed by atoms with Gasteiger partial charge in [0.25, 0.3) is 0 Å². The topological polar surface area (TPSA) is 0 Å². The second kappa shape index (κ2) is 4.16. The SMILES string of the molecule is C#Cc1cc2c(cc1CC)CCC(C)(C)C2(C)C. The minimum Gasteiger partial charge on any atom is -0.115 e. The summed E-state index contributed by atoms with van der Waals surface area (Å²) in [5.41, 5.74) is 5.91. The molecule has 0 amide bonds. The highest BCUT2D eigenvalue weighted by Crippen LogP contribution is 2.49. The van der Waals surface area contributed by atoms with Crippen LogP contribution in [0.15, 0.2) is 12.1 Å². The highest BCUT2D eigenvalue weighted by atomic mass is 14.5. The van der Waals surface area contributed by atoms with Gasteiger partial charge >= 0.3 is 0 Å². The quantitative estimate of drug-likeness (QED) is 0.635. The van der Waals surface area contributed by atoms with Crippen molar-refractivity contribution in [1.82, 2.24) is 0 Å². The summed E-state index contributed by atoms with van der Waals surface area (Å²) >= 11 is 0. The van der Waals surface area contributed by atoms with Crippen molar-refractivity contribution in [3.8, 4) is 12.3 Å². The molecule has 0 atom stereocenters. The van der Waals surface area contributed by atoms with E-state index in [1.54, 1.807) is 0 Å². The fraction of sp³-hybridized carbons (Fsp3) is 0.556. The van der Waals surface area contributed by atoms with Crippen LogP contribution in [0.1, 0.15) is 63.3 Å². The van der Waals surface area contributed by atoms with Crippen molar-refractivity contribution in [1.29, 1.82) is 0 Å². The standard InChI is InChI=1S/C18H24/c1-7-13-11-15-9-10-17(3,4)18(5,6)16(15)12-14(13)8-2/h2,11-12H,7,9-10H2,1,3-6H3. The van der Waals surface area contributed by atoms with Crippen LogP contribution < -0.4 is 0 Å². The zero-order valence-electron chi connectivity index (χ0n) is 12.4. The van der Waals surface area contributed by atoms with Gasteiger partial charge in [0.1, 0.15) is 0 Å². The summed E-state index contributed by atoms with van der Waals surface area (Å²) in [6.45, 7) is 11.6. The molecule has 0 saturated heterocycles. The largest absolute Gasteiger partial charge is 0.115 e. The zero-order valence-corrected chi connectivity index (χ0v) is 12.4. The number of hydrogen-bond acceptors (Lipinski definition) is 0. The predicted molar refractivity (Wildman–Crippen MR) is 78.9 cm³/mol. The predicted octanol–water partition coefficient (Wildman–Crippen LogP) is 4.48. The monoisotopic (exact) mass is 240 g/mol. The average molecular weight is 240 g/mol. The Morgan fingerprint density at radius 2 is 1.89 bits per heavy atom. The molecular weight excluding hydrogens is 216 g/mol. The first-order valence-electron chi connectivity index (χ1n) is 6.96. The van der Waals surface area contributed by atoms with Gasteiger partial charge in [0.15, 0.2) is 0 Å². The van der Waals surface area contributed by atoms with Crippen LogP contribution in [0, 0.1) is 17.8 Å². The van der Waals surface area contributed by atoms with Gasteiger partial charge < -0.3 is 0 Å². The second-order valence-corrected chi connectivity index (χ2v) is 6.67. The average Bonchev–Trinajstić information content (AvgIpc) is 2.33.